The quantitative estimate of drug-likeness (QED) is 0.754. The summed E-state index contributed by atoms with van der Waals surface area (Å²) in [4.78, 5) is 2.32. The second-order valence-electron chi connectivity index (χ2n) is 5.76. The average molecular weight is 302 g/mol. The Morgan fingerprint density at radius 1 is 1.55 bits per heavy atom. The molecule has 1 saturated heterocycles. The molecule has 0 aromatic heterocycles. The van der Waals surface area contributed by atoms with Gasteiger partial charge in [-0.3, -0.25) is 0 Å². The van der Waals surface area contributed by atoms with E-state index in [1.165, 1.54) is 24.2 Å². The van der Waals surface area contributed by atoms with Crippen LogP contribution in [0.25, 0.3) is 0 Å². The van der Waals surface area contributed by atoms with Gasteiger partial charge in [-0.05, 0) is 32.2 Å². The van der Waals surface area contributed by atoms with Crippen LogP contribution in [-0.2, 0) is 10.2 Å². The van der Waals surface area contributed by atoms with Crippen LogP contribution in [0.2, 0.25) is 0 Å². The van der Waals surface area contributed by atoms with E-state index in [1.807, 2.05) is 13.0 Å². The lowest BCUT2D eigenvalue weighted by atomic mass is 10.00. The van der Waals surface area contributed by atoms with Crippen molar-refractivity contribution in [1.29, 1.82) is 5.26 Å². The summed E-state index contributed by atoms with van der Waals surface area (Å²) in [5.41, 5.74) is 0. The zero-order valence-electron chi connectivity index (χ0n) is 12.7. The predicted octanol–water partition coefficient (Wildman–Crippen LogP) is 0.787. The highest BCUT2D eigenvalue weighted by molar-refractivity contribution is 7.87. The van der Waals surface area contributed by atoms with Crippen LogP contribution in [0.1, 0.15) is 33.1 Å². The summed E-state index contributed by atoms with van der Waals surface area (Å²) in [5.74, 6) is 0.686. The molecule has 1 fully saturated rings. The largest absolute Gasteiger partial charge is 0.301 e. The van der Waals surface area contributed by atoms with Gasteiger partial charge in [-0.15, -0.1) is 0 Å². The Hall–Kier alpha value is -0.680. The molecule has 20 heavy (non-hydrogen) atoms. The molecule has 1 aliphatic heterocycles. The van der Waals surface area contributed by atoms with Crippen LogP contribution in [0.15, 0.2) is 0 Å². The van der Waals surface area contributed by atoms with E-state index in [0.29, 0.717) is 5.92 Å². The van der Waals surface area contributed by atoms with Crippen LogP contribution >= 0.6 is 0 Å². The Morgan fingerprint density at radius 3 is 2.85 bits per heavy atom. The summed E-state index contributed by atoms with van der Waals surface area (Å²) in [6.07, 6.45) is 2.64. The number of hydrogen-bond acceptors (Lipinski definition) is 4. The van der Waals surface area contributed by atoms with E-state index in [-0.39, 0.29) is 19.0 Å². The molecular formula is C13H26N4O2S. The molecular weight excluding hydrogens is 276 g/mol. The van der Waals surface area contributed by atoms with E-state index in [4.69, 9.17) is 5.26 Å². The normalized spacial score (nSPS) is 22.6. The van der Waals surface area contributed by atoms with Gasteiger partial charge in [0.2, 0.25) is 0 Å². The van der Waals surface area contributed by atoms with Crippen molar-refractivity contribution in [3.8, 4) is 6.07 Å². The molecule has 0 bridgehead atoms. The van der Waals surface area contributed by atoms with Gasteiger partial charge in [0.1, 0.15) is 0 Å². The molecule has 0 unspecified atom stereocenters. The fourth-order valence-corrected chi connectivity index (χ4v) is 3.64. The van der Waals surface area contributed by atoms with Crippen molar-refractivity contribution < 1.29 is 8.42 Å². The van der Waals surface area contributed by atoms with Gasteiger partial charge in [-0.1, -0.05) is 6.92 Å². The van der Waals surface area contributed by atoms with Crippen LogP contribution in [-0.4, -0.2) is 56.9 Å². The van der Waals surface area contributed by atoms with E-state index in [0.717, 1.165) is 19.6 Å². The fraction of sp³-hybridized carbons (Fsp3) is 0.923. The van der Waals surface area contributed by atoms with Gasteiger partial charge in [-0.2, -0.15) is 22.7 Å². The van der Waals surface area contributed by atoms with Crippen LogP contribution in [0, 0.1) is 17.2 Å². The molecule has 1 heterocycles. The van der Waals surface area contributed by atoms with Crippen molar-refractivity contribution in [2.75, 3.05) is 33.2 Å². The summed E-state index contributed by atoms with van der Waals surface area (Å²) in [5, 5.41) is 8.51. The third-order valence-electron chi connectivity index (χ3n) is 3.57. The highest BCUT2D eigenvalue weighted by Crippen LogP contribution is 2.15. The van der Waals surface area contributed by atoms with Crippen molar-refractivity contribution in [3.05, 3.63) is 0 Å². The first-order valence-electron chi connectivity index (χ1n) is 7.18. The number of hydrogen-bond donors (Lipinski definition) is 1. The Morgan fingerprint density at radius 2 is 2.25 bits per heavy atom. The maximum Gasteiger partial charge on any atom is 0.279 e. The molecule has 1 rings (SSSR count). The van der Waals surface area contributed by atoms with Crippen molar-refractivity contribution in [2.45, 2.75) is 39.2 Å². The number of rotatable bonds is 7. The second kappa shape index (κ2) is 7.93. The number of piperidine rings is 1. The molecule has 7 heteroatoms. The lowest BCUT2D eigenvalue weighted by molar-refractivity contribution is 0.174. The van der Waals surface area contributed by atoms with E-state index in [1.54, 1.807) is 0 Å². The molecule has 1 N–H and O–H groups in total. The minimum Gasteiger partial charge on any atom is -0.301 e. The summed E-state index contributed by atoms with van der Waals surface area (Å²) < 4.78 is 28.0. The van der Waals surface area contributed by atoms with Gasteiger partial charge >= 0.3 is 0 Å². The van der Waals surface area contributed by atoms with Gasteiger partial charge in [0.25, 0.3) is 10.2 Å². The first-order valence-corrected chi connectivity index (χ1v) is 8.62. The molecule has 6 nitrogen and oxygen atoms in total. The zero-order chi connectivity index (χ0) is 15.2. The van der Waals surface area contributed by atoms with Crippen LogP contribution in [0.4, 0.5) is 0 Å². The number of nitrogens with one attached hydrogen (secondary N) is 1. The van der Waals surface area contributed by atoms with Crippen LogP contribution in [0.3, 0.4) is 0 Å². The van der Waals surface area contributed by atoms with Gasteiger partial charge < -0.3 is 4.90 Å². The molecule has 116 valence electrons. The Kier molecular flexibility index (Phi) is 6.89. The number of likely N-dealkylation sites (tertiary alicyclic amines) is 1. The molecule has 0 aromatic carbocycles. The maximum absolute atomic E-state index is 12.0. The van der Waals surface area contributed by atoms with Crippen molar-refractivity contribution in [3.63, 3.8) is 0 Å². The highest BCUT2D eigenvalue weighted by Gasteiger charge is 2.23. The Labute approximate surface area is 122 Å². The summed E-state index contributed by atoms with van der Waals surface area (Å²) in [7, 11) is -2.00. The van der Waals surface area contributed by atoms with Crippen LogP contribution < -0.4 is 4.72 Å². The summed E-state index contributed by atoms with van der Waals surface area (Å²) in [6, 6.07) is 1.82. The minimum absolute atomic E-state index is 0.130. The van der Waals surface area contributed by atoms with Gasteiger partial charge in [0, 0.05) is 39.1 Å². The van der Waals surface area contributed by atoms with E-state index >= 15 is 0 Å². The molecule has 0 aromatic rings. The molecule has 0 spiro atoms. The predicted molar refractivity (Wildman–Crippen MR) is 79.2 cm³/mol. The monoisotopic (exact) mass is 302 g/mol. The molecule has 2 atom stereocenters. The van der Waals surface area contributed by atoms with Crippen molar-refractivity contribution >= 4 is 10.2 Å². The highest BCUT2D eigenvalue weighted by atomic mass is 32.2. The molecule has 1 aliphatic rings. The van der Waals surface area contributed by atoms with Crippen molar-refractivity contribution in [2.24, 2.45) is 5.92 Å². The lowest BCUT2D eigenvalue weighted by Crippen LogP contribution is -2.48. The smallest absolute Gasteiger partial charge is 0.279 e. The topological polar surface area (TPSA) is 76.4 Å². The average Bonchev–Trinajstić information content (AvgIpc) is 2.34. The summed E-state index contributed by atoms with van der Waals surface area (Å²) >= 11 is 0. The third-order valence-corrected chi connectivity index (χ3v) is 5.28. The molecule has 0 aliphatic carbocycles. The first-order chi connectivity index (χ1) is 9.35. The van der Waals surface area contributed by atoms with Crippen LogP contribution in [0.5, 0.6) is 0 Å². The Bertz CT molecular complexity index is 432. The van der Waals surface area contributed by atoms with Gasteiger partial charge in [0.05, 0.1) is 6.07 Å². The fourth-order valence-electron chi connectivity index (χ4n) is 2.55. The molecule has 0 saturated carbocycles. The Balaban J connectivity index is 2.44. The van der Waals surface area contributed by atoms with E-state index in [9.17, 15) is 8.42 Å². The standard InChI is InChI=1S/C13H26N4O2S/c1-12-6-4-9-17(10-12)11-13(2)15-20(18,19)16(3)8-5-7-14/h12-13,15H,4-6,8-11H2,1-3H3/t12-,13-/m0/s1. The summed E-state index contributed by atoms with van der Waals surface area (Å²) in [6.45, 7) is 7.15. The third kappa shape index (κ3) is 5.75. The van der Waals surface area contributed by atoms with E-state index < -0.39 is 10.2 Å². The minimum atomic E-state index is -3.49. The lowest BCUT2D eigenvalue weighted by Gasteiger charge is -2.33. The SMILES string of the molecule is C[C@H]1CCCN(C[C@H](C)NS(=O)(=O)N(C)CCC#N)C1. The molecule has 0 radical (unpaired) electrons. The number of nitriles is 1. The maximum atomic E-state index is 12.0. The first kappa shape index (κ1) is 17.4. The van der Waals surface area contributed by atoms with E-state index in [2.05, 4.69) is 16.5 Å². The van der Waals surface area contributed by atoms with Crippen molar-refractivity contribution in [1.82, 2.24) is 13.9 Å². The van der Waals surface area contributed by atoms with Gasteiger partial charge in [0.15, 0.2) is 0 Å². The second-order valence-corrected chi connectivity index (χ2v) is 7.57. The zero-order valence-corrected chi connectivity index (χ0v) is 13.5. The molecule has 0 amide bonds. The number of nitrogens with zero attached hydrogens (tertiary/aromatic N) is 3. The van der Waals surface area contributed by atoms with Gasteiger partial charge in [-0.25, -0.2) is 0 Å².